The van der Waals surface area contributed by atoms with Crippen LogP contribution in [0.5, 0.6) is 5.75 Å². The maximum absolute atomic E-state index is 13.0. The first-order valence-corrected chi connectivity index (χ1v) is 12.7. The van der Waals surface area contributed by atoms with Crippen LogP contribution < -0.4 is 9.50 Å². The van der Waals surface area contributed by atoms with Crippen molar-refractivity contribution in [3.8, 4) is 11.8 Å². The van der Waals surface area contributed by atoms with Gasteiger partial charge in [-0.05, 0) is 54.8 Å². The van der Waals surface area contributed by atoms with E-state index in [-0.39, 0.29) is 21.8 Å². The Labute approximate surface area is 211 Å². The number of amides is 1. The van der Waals surface area contributed by atoms with Gasteiger partial charge in [0.05, 0.1) is 0 Å². The van der Waals surface area contributed by atoms with Crippen LogP contribution in [0.15, 0.2) is 99.9 Å². The monoisotopic (exact) mass is 546 g/mol. The Kier molecular flexibility index (Phi) is 7.01. The molecule has 0 atom stereocenters. The Bertz CT molecular complexity index is 1600. The zero-order chi connectivity index (χ0) is 25.0. The van der Waals surface area contributed by atoms with Crippen molar-refractivity contribution >= 4 is 54.5 Å². The first-order valence-electron chi connectivity index (χ1n) is 10.5. The molecule has 4 rings (SSSR count). The van der Waals surface area contributed by atoms with E-state index < -0.39 is 16.0 Å². The lowest BCUT2D eigenvalue weighted by Gasteiger charge is -2.11. The minimum absolute atomic E-state index is 0.00449. The lowest BCUT2D eigenvalue weighted by molar-refractivity contribution is -0.112. The van der Waals surface area contributed by atoms with Crippen molar-refractivity contribution in [1.82, 2.24) is 0 Å². The number of benzene rings is 4. The molecule has 0 aromatic heterocycles. The Morgan fingerprint density at radius 1 is 1.00 bits per heavy atom. The van der Waals surface area contributed by atoms with Crippen LogP contribution in [0.1, 0.15) is 11.1 Å². The molecule has 0 bridgehead atoms. The van der Waals surface area contributed by atoms with Crippen molar-refractivity contribution in [2.24, 2.45) is 0 Å². The summed E-state index contributed by atoms with van der Waals surface area (Å²) >= 11 is 3.34. The topological polar surface area (TPSA) is 96.3 Å². The quantitative estimate of drug-likeness (QED) is 0.176. The Balaban J connectivity index is 1.67. The molecule has 1 N–H and O–H groups in total. The summed E-state index contributed by atoms with van der Waals surface area (Å²) in [6.07, 6.45) is 1.30. The van der Waals surface area contributed by atoms with Gasteiger partial charge in [0.1, 0.15) is 22.3 Å². The number of nitrogens with zero attached hydrogens (tertiary/aromatic N) is 1. The van der Waals surface area contributed by atoms with Crippen LogP contribution in [0, 0.1) is 18.3 Å². The third kappa shape index (κ3) is 5.60. The Morgan fingerprint density at radius 3 is 2.46 bits per heavy atom. The van der Waals surface area contributed by atoms with Crippen LogP contribution in [0.2, 0.25) is 0 Å². The number of carbonyl (C=O) groups is 1. The highest BCUT2D eigenvalue weighted by Crippen LogP contribution is 2.29. The van der Waals surface area contributed by atoms with Crippen LogP contribution >= 0.6 is 15.9 Å². The Morgan fingerprint density at radius 2 is 1.71 bits per heavy atom. The SMILES string of the molecule is Cc1ccc(S(=O)(=O)Oc2ccc(Br)cc2/C=C(\C#N)C(=O)Nc2cccc3ccccc23)cc1. The summed E-state index contributed by atoms with van der Waals surface area (Å²) in [6, 6.07) is 25.8. The zero-order valence-corrected chi connectivity index (χ0v) is 20.9. The number of nitriles is 1. The van der Waals surface area contributed by atoms with Crippen LogP contribution in [-0.2, 0) is 14.9 Å². The highest BCUT2D eigenvalue weighted by atomic mass is 79.9. The second kappa shape index (κ2) is 10.1. The fourth-order valence-electron chi connectivity index (χ4n) is 3.41. The molecule has 0 heterocycles. The van der Waals surface area contributed by atoms with Gasteiger partial charge in [0, 0.05) is 21.1 Å². The average molecular weight is 547 g/mol. The molecule has 0 spiro atoms. The smallest absolute Gasteiger partial charge is 0.339 e. The highest BCUT2D eigenvalue weighted by molar-refractivity contribution is 9.10. The van der Waals surface area contributed by atoms with E-state index in [9.17, 15) is 18.5 Å². The number of rotatable bonds is 6. The van der Waals surface area contributed by atoms with Crippen molar-refractivity contribution in [2.45, 2.75) is 11.8 Å². The maximum atomic E-state index is 13.0. The van der Waals surface area contributed by atoms with Gasteiger partial charge in [0.25, 0.3) is 5.91 Å². The molecule has 0 aliphatic heterocycles. The first-order chi connectivity index (χ1) is 16.8. The van der Waals surface area contributed by atoms with Gasteiger partial charge in [-0.2, -0.15) is 13.7 Å². The summed E-state index contributed by atoms with van der Waals surface area (Å²) in [5, 5.41) is 14.2. The molecule has 0 aliphatic rings. The molecule has 4 aromatic rings. The molecule has 0 unspecified atom stereocenters. The van der Waals surface area contributed by atoms with Gasteiger partial charge in [0.15, 0.2) is 0 Å². The lowest BCUT2D eigenvalue weighted by Crippen LogP contribution is -2.14. The molecule has 0 aliphatic carbocycles. The van der Waals surface area contributed by atoms with E-state index >= 15 is 0 Å². The second-order valence-corrected chi connectivity index (χ2v) is 10.1. The molecule has 4 aromatic carbocycles. The van der Waals surface area contributed by atoms with Gasteiger partial charge in [-0.3, -0.25) is 4.79 Å². The van der Waals surface area contributed by atoms with Crippen LogP contribution in [-0.4, -0.2) is 14.3 Å². The highest BCUT2D eigenvalue weighted by Gasteiger charge is 2.19. The van der Waals surface area contributed by atoms with E-state index in [1.165, 1.54) is 24.3 Å². The number of anilines is 1. The standard InChI is InChI=1S/C27H19BrN2O4S/c1-18-9-12-23(13-10-18)35(32,33)34-26-14-11-22(28)16-20(26)15-21(17-29)27(31)30-25-8-4-6-19-5-2-3-7-24(19)25/h2-16H,1H3,(H,30,31)/b21-15+. The van der Waals surface area contributed by atoms with E-state index in [2.05, 4.69) is 21.2 Å². The molecule has 0 fully saturated rings. The summed E-state index contributed by atoms with van der Waals surface area (Å²) in [7, 11) is -4.13. The zero-order valence-electron chi connectivity index (χ0n) is 18.5. The molecular weight excluding hydrogens is 528 g/mol. The van der Waals surface area contributed by atoms with E-state index in [0.717, 1.165) is 16.3 Å². The van der Waals surface area contributed by atoms with Crippen LogP contribution in [0.4, 0.5) is 5.69 Å². The van der Waals surface area contributed by atoms with E-state index in [1.807, 2.05) is 49.4 Å². The molecule has 1 amide bonds. The summed E-state index contributed by atoms with van der Waals surface area (Å²) in [5.41, 5.74) is 1.50. The number of hydrogen-bond acceptors (Lipinski definition) is 5. The van der Waals surface area contributed by atoms with Crippen molar-refractivity contribution in [1.29, 1.82) is 5.26 Å². The van der Waals surface area contributed by atoms with Gasteiger partial charge < -0.3 is 9.50 Å². The lowest BCUT2D eigenvalue weighted by atomic mass is 10.1. The normalized spacial score (nSPS) is 11.6. The fraction of sp³-hybridized carbons (Fsp3) is 0.0370. The Hall–Kier alpha value is -3.93. The summed E-state index contributed by atoms with van der Waals surface area (Å²) in [6.45, 7) is 1.85. The number of nitrogens with one attached hydrogen (secondary N) is 1. The van der Waals surface area contributed by atoms with Gasteiger partial charge in [-0.15, -0.1) is 0 Å². The molecule has 6 nitrogen and oxygen atoms in total. The average Bonchev–Trinajstić information content (AvgIpc) is 2.84. The third-order valence-corrected chi connectivity index (χ3v) is 6.93. The summed E-state index contributed by atoms with van der Waals surface area (Å²) in [4.78, 5) is 12.9. The molecule has 174 valence electrons. The molecule has 0 radical (unpaired) electrons. The van der Waals surface area contributed by atoms with Gasteiger partial charge in [-0.25, -0.2) is 0 Å². The van der Waals surface area contributed by atoms with Gasteiger partial charge in [0.2, 0.25) is 0 Å². The van der Waals surface area contributed by atoms with Crippen LogP contribution in [0.3, 0.4) is 0 Å². The summed E-state index contributed by atoms with van der Waals surface area (Å²) in [5.74, 6) is -0.643. The largest absolute Gasteiger partial charge is 0.378 e. The van der Waals surface area contributed by atoms with Crippen LogP contribution in [0.25, 0.3) is 16.8 Å². The minimum atomic E-state index is -4.13. The molecule has 8 heteroatoms. The predicted molar refractivity (Wildman–Crippen MR) is 139 cm³/mol. The van der Waals surface area contributed by atoms with Crippen molar-refractivity contribution in [3.63, 3.8) is 0 Å². The van der Waals surface area contributed by atoms with Crippen molar-refractivity contribution in [3.05, 3.63) is 106 Å². The van der Waals surface area contributed by atoms with Gasteiger partial charge >= 0.3 is 10.1 Å². The minimum Gasteiger partial charge on any atom is -0.378 e. The summed E-state index contributed by atoms with van der Waals surface area (Å²) < 4.78 is 31.6. The number of halogens is 1. The van der Waals surface area contributed by atoms with Gasteiger partial charge in [-0.1, -0.05) is 70.0 Å². The maximum Gasteiger partial charge on any atom is 0.339 e. The van der Waals surface area contributed by atoms with Crippen molar-refractivity contribution < 1.29 is 17.4 Å². The third-order valence-electron chi connectivity index (χ3n) is 5.18. The molecule has 0 saturated carbocycles. The fourth-order valence-corrected chi connectivity index (χ4v) is 4.74. The van der Waals surface area contributed by atoms with E-state index in [1.54, 1.807) is 30.3 Å². The second-order valence-electron chi connectivity index (χ2n) is 7.68. The molecule has 0 saturated heterocycles. The predicted octanol–water partition coefficient (Wildman–Crippen LogP) is 6.22. The number of fused-ring (bicyclic) bond motifs is 1. The number of carbonyl (C=O) groups excluding carboxylic acids is 1. The van der Waals surface area contributed by atoms with E-state index in [0.29, 0.717) is 10.2 Å². The molecular formula is C27H19BrN2O4S. The number of hydrogen-bond donors (Lipinski definition) is 1. The number of aryl methyl sites for hydroxylation is 1. The first kappa shape index (κ1) is 24.2. The van der Waals surface area contributed by atoms with E-state index in [4.69, 9.17) is 4.18 Å². The van der Waals surface area contributed by atoms with Crippen molar-refractivity contribution in [2.75, 3.05) is 5.32 Å². The molecule has 35 heavy (non-hydrogen) atoms.